The van der Waals surface area contributed by atoms with Gasteiger partial charge in [0.25, 0.3) is 0 Å². The molecule has 79 heavy (non-hydrogen) atoms. The van der Waals surface area contributed by atoms with Crippen molar-refractivity contribution in [3.05, 3.63) is 110 Å². The first-order valence-electron chi connectivity index (χ1n) is 26.6. The van der Waals surface area contributed by atoms with Crippen molar-refractivity contribution in [1.29, 1.82) is 0 Å². The van der Waals surface area contributed by atoms with E-state index in [1.165, 1.54) is 25.7 Å². The predicted octanol–water partition coefficient (Wildman–Crippen LogP) is 6.47. The van der Waals surface area contributed by atoms with Crippen molar-refractivity contribution >= 4 is 17.8 Å². The molecular formula is C55H61FN20O3. The fraction of sp³-hybridized carbons (Fsp3) is 0.345. The van der Waals surface area contributed by atoms with Gasteiger partial charge in [-0.15, -0.1) is 30.6 Å². The average molecular weight is 1070 g/mol. The third-order valence-corrected chi connectivity index (χ3v) is 14.8. The molecule has 0 amide bonds. The summed E-state index contributed by atoms with van der Waals surface area (Å²) in [6.07, 6.45) is 21.1. The minimum Gasteiger partial charge on any atom is -0.507 e. The summed E-state index contributed by atoms with van der Waals surface area (Å²) in [5.74, 6) is 3.65. The molecule has 4 saturated heterocycles. The number of anilines is 3. The highest BCUT2D eigenvalue weighted by Gasteiger charge is 2.35. The van der Waals surface area contributed by atoms with Gasteiger partial charge in [0.15, 0.2) is 0 Å². The lowest BCUT2D eigenvalue weighted by Gasteiger charge is -2.25. The molecule has 406 valence electrons. The number of hydrogen-bond donors (Lipinski definition) is 8. The van der Waals surface area contributed by atoms with Gasteiger partial charge in [0, 0.05) is 103 Å². The summed E-state index contributed by atoms with van der Waals surface area (Å²) in [5.41, 5.74) is 8.78. The first-order chi connectivity index (χ1) is 38.7. The molecule has 0 radical (unpaired) electrons. The molecule has 0 saturated carbocycles. The summed E-state index contributed by atoms with van der Waals surface area (Å²) in [7, 11) is 0. The quantitative estimate of drug-likeness (QED) is 0.0651. The normalized spacial score (nSPS) is 18.3. The molecule has 23 nitrogen and oxygen atoms in total. The van der Waals surface area contributed by atoms with E-state index in [2.05, 4.69) is 96.6 Å². The number of aromatic hydroxyl groups is 3. The van der Waals surface area contributed by atoms with Crippen LogP contribution in [0.25, 0.3) is 67.2 Å². The maximum Gasteiger partial charge on any atom is 0.245 e. The number of fused-ring (bicyclic) bond motifs is 1. The van der Waals surface area contributed by atoms with Crippen LogP contribution >= 0.6 is 0 Å². The molecule has 13 rings (SSSR count). The van der Waals surface area contributed by atoms with Gasteiger partial charge in [-0.3, -0.25) is 15.3 Å². The van der Waals surface area contributed by atoms with Crippen molar-refractivity contribution in [2.24, 2.45) is 11.8 Å². The second-order valence-electron chi connectivity index (χ2n) is 20.2. The summed E-state index contributed by atoms with van der Waals surface area (Å²) in [6, 6.07) is 16.3. The van der Waals surface area contributed by atoms with E-state index in [1.54, 1.807) is 80.0 Å². The van der Waals surface area contributed by atoms with E-state index in [1.807, 2.05) is 42.2 Å². The molecule has 4 aliphatic rings. The highest BCUT2D eigenvalue weighted by molar-refractivity contribution is 5.76. The second kappa shape index (κ2) is 24.1. The molecule has 24 heteroatoms. The molecule has 3 aromatic carbocycles. The van der Waals surface area contributed by atoms with Crippen molar-refractivity contribution in [3.8, 4) is 84.4 Å². The van der Waals surface area contributed by atoms with Gasteiger partial charge >= 0.3 is 0 Å². The Morgan fingerprint density at radius 2 is 1.00 bits per heavy atom. The van der Waals surface area contributed by atoms with E-state index < -0.39 is 0 Å². The highest BCUT2D eigenvalue weighted by atomic mass is 19.1. The Balaban J connectivity index is 0.000000126. The number of aromatic nitrogens is 15. The minimum absolute atomic E-state index is 0.105. The number of phenols is 3. The largest absolute Gasteiger partial charge is 0.507 e. The number of nitrogens with zero attached hydrogens (tertiary/aromatic N) is 15. The Bertz CT molecular complexity index is 3350. The molecule has 8 N–H and O–H groups in total. The lowest BCUT2D eigenvalue weighted by Crippen LogP contribution is -2.39. The maximum absolute atomic E-state index is 12.7. The Hall–Kier alpha value is -9.03. The maximum atomic E-state index is 12.7. The van der Waals surface area contributed by atoms with Gasteiger partial charge < -0.3 is 40.7 Å². The van der Waals surface area contributed by atoms with E-state index in [-0.39, 0.29) is 36.0 Å². The summed E-state index contributed by atoms with van der Waals surface area (Å²) < 4.78 is 12.7. The Kier molecular flexibility index (Phi) is 15.9. The molecule has 0 spiro atoms. The van der Waals surface area contributed by atoms with Crippen LogP contribution < -0.4 is 25.3 Å². The van der Waals surface area contributed by atoms with Gasteiger partial charge in [-0.2, -0.15) is 15.3 Å². The fourth-order valence-corrected chi connectivity index (χ4v) is 10.5. The second-order valence-corrected chi connectivity index (χ2v) is 20.2. The molecule has 9 aromatic rings. The number of nitrogens with one attached hydrogen (secondary N) is 5. The third kappa shape index (κ3) is 12.2. The molecule has 4 aliphatic heterocycles. The number of aromatic amines is 3. The van der Waals surface area contributed by atoms with Gasteiger partial charge in [0.05, 0.1) is 37.2 Å². The van der Waals surface area contributed by atoms with Crippen LogP contribution in [-0.4, -0.2) is 163 Å². The summed E-state index contributed by atoms with van der Waals surface area (Å²) in [4.78, 5) is 19.7. The number of benzene rings is 3. The lowest BCUT2D eigenvalue weighted by molar-refractivity contribution is 0.318. The summed E-state index contributed by atoms with van der Waals surface area (Å²) >= 11 is 0. The zero-order valence-electron chi connectivity index (χ0n) is 43.5. The molecule has 0 aliphatic carbocycles. The topological polar surface area (TPSA) is 297 Å². The highest BCUT2D eigenvalue weighted by Crippen LogP contribution is 2.36. The Morgan fingerprint density at radius 3 is 1.42 bits per heavy atom. The van der Waals surface area contributed by atoms with Crippen LogP contribution in [0, 0.1) is 11.8 Å². The number of phenolic OH excluding ortho intramolecular Hbond substituents is 3. The molecule has 0 unspecified atom stereocenters. The molecular weight excluding hydrogens is 1010 g/mol. The van der Waals surface area contributed by atoms with Crippen molar-refractivity contribution in [2.75, 3.05) is 73.7 Å². The zero-order valence-corrected chi connectivity index (χ0v) is 43.5. The number of alkyl halides is 1. The van der Waals surface area contributed by atoms with Crippen LogP contribution in [0.15, 0.2) is 110 Å². The van der Waals surface area contributed by atoms with Gasteiger partial charge in [-0.1, -0.05) is 18.2 Å². The number of rotatable bonds is 12. The smallest absolute Gasteiger partial charge is 0.245 e. The van der Waals surface area contributed by atoms with Crippen molar-refractivity contribution in [3.63, 3.8) is 0 Å². The average Bonchev–Trinajstić information content (AvgIpc) is 4.38. The molecule has 10 heterocycles. The van der Waals surface area contributed by atoms with E-state index in [9.17, 15) is 19.7 Å². The minimum atomic E-state index is -0.383. The lowest BCUT2D eigenvalue weighted by atomic mass is 9.90. The number of hydrogen-bond acceptors (Lipinski definition) is 20. The Labute approximate surface area is 454 Å². The van der Waals surface area contributed by atoms with Crippen LogP contribution in [0.3, 0.4) is 0 Å². The predicted molar refractivity (Wildman–Crippen MR) is 295 cm³/mol. The summed E-state index contributed by atoms with van der Waals surface area (Å²) in [5, 5.41) is 83.5. The first-order valence-corrected chi connectivity index (χ1v) is 26.6. The van der Waals surface area contributed by atoms with Crippen LogP contribution in [0.4, 0.5) is 22.2 Å². The van der Waals surface area contributed by atoms with E-state index in [0.717, 1.165) is 92.2 Å². The van der Waals surface area contributed by atoms with Crippen LogP contribution in [0.2, 0.25) is 0 Å². The molecule has 6 aromatic heterocycles. The van der Waals surface area contributed by atoms with Crippen LogP contribution in [0.1, 0.15) is 39.0 Å². The third-order valence-electron chi connectivity index (χ3n) is 14.8. The van der Waals surface area contributed by atoms with Crippen LogP contribution in [-0.2, 0) is 0 Å². The van der Waals surface area contributed by atoms with Crippen molar-refractivity contribution in [1.82, 2.24) is 86.8 Å². The number of H-pyrrole nitrogens is 3. The first kappa shape index (κ1) is 52.0. The Morgan fingerprint density at radius 1 is 0.532 bits per heavy atom. The zero-order chi connectivity index (χ0) is 54.1. The molecule has 4 fully saturated rings. The monoisotopic (exact) mass is 1070 g/mol. The SMILES string of the molecule is C[C@H](CF)N[C@H]1CCN(c2ncc(-c3ccc(-c4cn[nH]c4)cc3O)nn2)C1.Oc1cc(-c2cn[nH]c2)ccc1-c1cnc(N2CCCCC2)nn1.Oc1cc(-c2cn[nH]c2)ccc1-c1cnc(N2C[C@H]3CNCC[C@H]3C2)nn1. The summed E-state index contributed by atoms with van der Waals surface area (Å²) in [6.45, 7) is 9.06. The number of halogens is 1. The van der Waals surface area contributed by atoms with Gasteiger partial charge in [-0.05, 0) is 117 Å². The molecule has 0 bridgehead atoms. The number of piperidine rings is 2. The fourth-order valence-electron chi connectivity index (χ4n) is 10.5. The van der Waals surface area contributed by atoms with Gasteiger partial charge in [-0.25, -0.2) is 19.3 Å². The molecule has 4 atom stereocenters. The van der Waals surface area contributed by atoms with E-state index in [4.69, 9.17) is 0 Å². The van der Waals surface area contributed by atoms with E-state index >= 15 is 0 Å². The van der Waals surface area contributed by atoms with Crippen LogP contribution in [0.5, 0.6) is 17.2 Å². The van der Waals surface area contributed by atoms with Crippen molar-refractivity contribution < 1.29 is 19.7 Å². The van der Waals surface area contributed by atoms with Gasteiger partial charge in [0.1, 0.15) is 41.0 Å². The standard InChI is InChI=1S/C19H22FN7O.C19H21N7O.C17H18N6O/c1-12(7-20)24-15-4-5-27(11-15)19-21-10-17(25-26-19)16-3-2-13(6-18(16)28)14-8-22-23-9-14;27-18-5-12(14-7-22-23-8-14)1-2-16(18)17-9-21-19(25-24-17)26-10-13-3-4-20-6-15(13)11-26;24-16-8-12(13-9-19-20-10-13)4-5-14(16)15-11-18-17(22-21-15)23-6-2-1-3-7-23/h2-3,6,8-10,12,15,24,28H,4-5,7,11H2,1H3,(H,22,23);1-2,5,7-9,13,15,20,27H,3-4,6,10-11H2,(H,22,23);4-5,8-11,24H,1-3,6-7H2,(H,19,20)/t12-,15+;13-,15+;/m10./s1. The van der Waals surface area contributed by atoms with Crippen molar-refractivity contribution in [2.45, 2.75) is 51.1 Å². The van der Waals surface area contributed by atoms with E-state index in [0.29, 0.717) is 63.5 Å². The van der Waals surface area contributed by atoms with Gasteiger partial charge in [0.2, 0.25) is 17.8 Å².